The van der Waals surface area contributed by atoms with E-state index < -0.39 is 0 Å². The van der Waals surface area contributed by atoms with Crippen molar-refractivity contribution < 1.29 is 9.53 Å². The Morgan fingerprint density at radius 1 is 1.16 bits per heavy atom. The maximum atomic E-state index is 12.7. The van der Waals surface area contributed by atoms with Crippen molar-refractivity contribution in [2.75, 3.05) is 17.2 Å². The van der Waals surface area contributed by atoms with Gasteiger partial charge in [0, 0.05) is 17.9 Å². The zero-order chi connectivity index (χ0) is 17.5. The molecule has 1 fully saturated rings. The van der Waals surface area contributed by atoms with E-state index in [1.807, 2.05) is 37.3 Å². The van der Waals surface area contributed by atoms with Crippen molar-refractivity contribution in [3.63, 3.8) is 0 Å². The van der Waals surface area contributed by atoms with Crippen LogP contribution in [0.25, 0.3) is 0 Å². The highest BCUT2D eigenvalue weighted by Gasteiger charge is 2.18. The number of ether oxygens (including phenoxy) is 1. The monoisotopic (exact) mass is 339 g/mol. The summed E-state index contributed by atoms with van der Waals surface area (Å²) in [5, 5.41) is 6.38. The molecular weight excluding hydrogens is 314 g/mol. The molecule has 5 nitrogen and oxygen atoms in total. The zero-order valence-corrected chi connectivity index (χ0v) is 14.6. The van der Waals surface area contributed by atoms with Gasteiger partial charge in [-0.1, -0.05) is 19.3 Å². The fourth-order valence-electron chi connectivity index (χ4n) is 3.14. The average molecular weight is 339 g/mol. The summed E-state index contributed by atoms with van der Waals surface area (Å²) in [4.78, 5) is 17.0. The maximum Gasteiger partial charge on any atom is 0.259 e. The number of nitrogens with zero attached hydrogens (tertiary/aromatic N) is 1. The fraction of sp³-hybridized carbons (Fsp3) is 0.400. The lowest BCUT2D eigenvalue weighted by molar-refractivity contribution is 0.102. The lowest BCUT2D eigenvalue weighted by atomic mass is 9.95. The van der Waals surface area contributed by atoms with Crippen LogP contribution in [0.2, 0.25) is 0 Å². The summed E-state index contributed by atoms with van der Waals surface area (Å²) in [5.74, 6) is 1.30. The van der Waals surface area contributed by atoms with Crippen LogP contribution >= 0.6 is 0 Å². The Balaban J connectivity index is 1.68. The third-order valence-corrected chi connectivity index (χ3v) is 4.42. The quantitative estimate of drug-likeness (QED) is 0.814. The van der Waals surface area contributed by atoms with Crippen LogP contribution in [0.4, 0.5) is 11.5 Å². The van der Waals surface area contributed by atoms with Gasteiger partial charge in [0.15, 0.2) is 0 Å². The Morgan fingerprint density at radius 3 is 2.64 bits per heavy atom. The first-order chi connectivity index (χ1) is 12.3. The molecule has 0 spiro atoms. The fourth-order valence-corrected chi connectivity index (χ4v) is 3.14. The van der Waals surface area contributed by atoms with E-state index in [9.17, 15) is 4.79 Å². The number of pyridine rings is 1. The first kappa shape index (κ1) is 17.3. The van der Waals surface area contributed by atoms with Crippen LogP contribution in [0, 0.1) is 0 Å². The third-order valence-electron chi connectivity index (χ3n) is 4.42. The SMILES string of the molecule is CCOc1ccc(NC(=O)c2cccnc2NC2CCCCC2)cc1. The molecule has 1 aromatic carbocycles. The summed E-state index contributed by atoms with van der Waals surface area (Å²) in [5.41, 5.74) is 1.31. The molecule has 1 heterocycles. The third kappa shape index (κ3) is 4.72. The molecule has 0 bridgehead atoms. The summed E-state index contributed by atoms with van der Waals surface area (Å²) >= 11 is 0. The van der Waals surface area contributed by atoms with Gasteiger partial charge in [0.1, 0.15) is 11.6 Å². The van der Waals surface area contributed by atoms with E-state index in [1.54, 1.807) is 12.3 Å². The van der Waals surface area contributed by atoms with E-state index >= 15 is 0 Å². The van der Waals surface area contributed by atoms with Crippen LogP contribution in [-0.2, 0) is 0 Å². The number of nitrogens with one attached hydrogen (secondary N) is 2. The van der Waals surface area contributed by atoms with Crippen LogP contribution in [-0.4, -0.2) is 23.5 Å². The van der Waals surface area contributed by atoms with Crippen molar-refractivity contribution in [2.24, 2.45) is 0 Å². The number of rotatable bonds is 6. The minimum Gasteiger partial charge on any atom is -0.494 e. The normalized spacial score (nSPS) is 14.8. The minimum absolute atomic E-state index is 0.157. The summed E-state index contributed by atoms with van der Waals surface area (Å²) in [6, 6.07) is 11.4. The number of hydrogen-bond donors (Lipinski definition) is 2. The molecule has 0 saturated heterocycles. The molecular formula is C20H25N3O2. The van der Waals surface area contributed by atoms with Gasteiger partial charge >= 0.3 is 0 Å². The van der Waals surface area contributed by atoms with E-state index in [2.05, 4.69) is 15.6 Å². The Hall–Kier alpha value is -2.56. The van der Waals surface area contributed by atoms with Gasteiger partial charge in [0.25, 0.3) is 5.91 Å². The van der Waals surface area contributed by atoms with Crippen LogP contribution < -0.4 is 15.4 Å². The van der Waals surface area contributed by atoms with Crippen LogP contribution in [0.3, 0.4) is 0 Å². The van der Waals surface area contributed by atoms with E-state index in [-0.39, 0.29) is 5.91 Å². The molecule has 2 N–H and O–H groups in total. The Kier molecular flexibility index (Phi) is 5.88. The predicted octanol–water partition coefficient (Wildman–Crippen LogP) is 4.48. The molecule has 3 rings (SSSR count). The molecule has 1 amide bonds. The number of benzene rings is 1. The summed E-state index contributed by atoms with van der Waals surface area (Å²) < 4.78 is 5.42. The molecule has 5 heteroatoms. The average Bonchev–Trinajstić information content (AvgIpc) is 2.65. The van der Waals surface area contributed by atoms with Crippen molar-refractivity contribution in [1.29, 1.82) is 0 Å². The first-order valence-electron chi connectivity index (χ1n) is 9.02. The van der Waals surface area contributed by atoms with Crippen molar-refractivity contribution in [3.8, 4) is 5.75 Å². The molecule has 0 atom stereocenters. The predicted molar refractivity (Wildman–Crippen MR) is 100 cm³/mol. The summed E-state index contributed by atoms with van der Waals surface area (Å²) in [6.07, 6.45) is 7.76. The second-order valence-corrected chi connectivity index (χ2v) is 6.29. The molecule has 132 valence electrons. The van der Waals surface area contributed by atoms with Gasteiger partial charge in [-0.15, -0.1) is 0 Å². The summed E-state index contributed by atoms with van der Waals surface area (Å²) in [6.45, 7) is 2.57. The van der Waals surface area contributed by atoms with Gasteiger partial charge < -0.3 is 15.4 Å². The van der Waals surface area contributed by atoms with Crippen LogP contribution in [0.5, 0.6) is 5.75 Å². The number of carbonyl (C=O) groups is 1. The largest absolute Gasteiger partial charge is 0.494 e. The van der Waals surface area contributed by atoms with E-state index in [0.29, 0.717) is 24.0 Å². The van der Waals surface area contributed by atoms with Crippen molar-refractivity contribution >= 4 is 17.4 Å². The molecule has 0 radical (unpaired) electrons. The van der Waals surface area contributed by atoms with Gasteiger partial charge in [-0.3, -0.25) is 4.79 Å². The Morgan fingerprint density at radius 2 is 1.92 bits per heavy atom. The van der Waals surface area contributed by atoms with E-state index in [1.165, 1.54) is 19.3 Å². The van der Waals surface area contributed by atoms with Gasteiger partial charge in [0.05, 0.1) is 12.2 Å². The van der Waals surface area contributed by atoms with Gasteiger partial charge in [0.2, 0.25) is 0 Å². The second kappa shape index (κ2) is 8.51. The maximum absolute atomic E-state index is 12.7. The highest BCUT2D eigenvalue weighted by molar-refractivity contribution is 6.07. The first-order valence-corrected chi connectivity index (χ1v) is 9.02. The highest BCUT2D eigenvalue weighted by atomic mass is 16.5. The number of amides is 1. The van der Waals surface area contributed by atoms with Gasteiger partial charge in [-0.2, -0.15) is 0 Å². The molecule has 0 unspecified atom stereocenters. The van der Waals surface area contributed by atoms with Crippen LogP contribution in [0.1, 0.15) is 49.4 Å². The Bertz CT molecular complexity index is 694. The lowest BCUT2D eigenvalue weighted by Gasteiger charge is -2.24. The standard InChI is InChI=1S/C20H25N3O2/c1-2-25-17-12-10-16(11-13-17)23-20(24)18-9-6-14-21-19(18)22-15-7-4-3-5-8-15/h6,9-15H,2-5,7-8H2,1H3,(H,21,22)(H,23,24). The zero-order valence-electron chi connectivity index (χ0n) is 14.6. The highest BCUT2D eigenvalue weighted by Crippen LogP contribution is 2.23. The smallest absolute Gasteiger partial charge is 0.259 e. The number of hydrogen-bond acceptors (Lipinski definition) is 4. The topological polar surface area (TPSA) is 63.2 Å². The molecule has 1 aliphatic rings. The number of carbonyl (C=O) groups excluding carboxylic acids is 1. The van der Waals surface area contributed by atoms with Crippen molar-refractivity contribution in [3.05, 3.63) is 48.2 Å². The number of aromatic nitrogens is 1. The molecule has 1 aromatic heterocycles. The van der Waals surface area contributed by atoms with Crippen LogP contribution in [0.15, 0.2) is 42.6 Å². The molecule has 0 aliphatic heterocycles. The lowest BCUT2D eigenvalue weighted by Crippen LogP contribution is -2.25. The second-order valence-electron chi connectivity index (χ2n) is 6.29. The summed E-state index contributed by atoms with van der Waals surface area (Å²) in [7, 11) is 0. The number of anilines is 2. The van der Waals surface area contributed by atoms with E-state index in [0.717, 1.165) is 24.3 Å². The molecule has 1 saturated carbocycles. The van der Waals surface area contributed by atoms with Gasteiger partial charge in [-0.05, 0) is 56.2 Å². The van der Waals surface area contributed by atoms with E-state index in [4.69, 9.17) is 4.74 Å². The molecule has 1 aliphatic carbocycles. The molecule has 25 heavy (non-hydrogen) atoms. The molecule has 2 aromatic rings. The van der Waals surface area contributed by atoms with Gasteiger partial charge in [-0.25, -0.2) is 4.98 Å². The minimum atomic E-state index is -0.157. The van der Waals surface area contributed by atoms with Crippen molar-refractivity contribution in [2.45, 2.75) is 45.1 Å². The Labute approximate surface area is 148 Å². The van der Waals surface area contributed by atoms with Crippen molar-refractivity contribution in [1.82, 2.24) is 4.98 Å².